The van der Waals surface area contributed by atoms with Gasteiger partial charge in [0.05, 0.1) is 6.04 Å². The fraction of sp³-hybridized carbons (Fsp3) is 0.450. The van der Waals surface area contributed by atoms with Gasteiger partial charge in [0.2, 0.25) is 23.6 Å². The highest BCUT2D eigenvalue weighted by molar-refractivity contribution is 7.80. The number of carbonyl (C=O) groups is 5. The Morgan fingerprint density at radius 3 is 1.91 bits per heavy atom. The predicted octanol–water partition coefficient (Wildman–Crippen LogP) is -1.78. The summed E-state index contributed by atoms with van der Waals surface area (Å²) in [4.78, 5) is 60.3. The molecule has 33 heavy (non-hydrogen) atoms. The average Bonchev–Trinajstić information content (AvgIpc) is 2.78. The first-order valence-corrected chi connectivity index (χ1v) is 11.3. The molecule has 0 bridgehead atoms. The number of nitrogens with two attached hydrogens (primary N) is 2. The van der Waals surface area contributed by atoms with E-state index in [1.54, 1.807) is 30.3 Å². The number of benzene rings is 1. The number of carbonyl (C=O) groups excluding carboxylic acids is 4. The molecule has 0 spiro atoms. The van der Waals surface area contributed by atoms with Crippen LogP contribution in [0.2, 0.25) is 0 Å². The molecule has 1 aromatic rings. The van der Waals surface area contributed by atoms with Crippen LogP contribution in [0.4, 0.5) is 0 Å². The smallest absolute Gasteiger partial charge is 0.326 e. The number of thiol groups is 2. The number of hydrogen-bond acceptors (Lipinski definition) is 8. The molecule has 182 valence electrons. The zero-order chi connectivity index (χ0) is 25.0. The SMILES string of the molecule is NC(=O)CCC(NC(=O)C(CS)NC(=O)C(N)CS)C(=O)NC(Cc1ccccc1)C(=O)O. The zero-order valence-electron chi connectivity index (χ0n) is 17.8. The van der Waals surface area contributed by atoms with Gasteiger partial charge in [0.15, 0.2) is 0 Å². The van der Waals surface area contributed by atoms with Gasteiger partial charge in [0.1, 0.15) is 18.1 Å². The molecule has 4 amide bonds. The van der Waals surface area contributed by atoms with Crippen LogP contribution in [-0.4, -0.2) is 70.4 Å². The monoisotopic (exact) mass is 499 g/mol. The van der Waals surface area contributed by atoms with Crippen molar-refractivity contribution in [1.82, 2.24) is 16.0 Å². The van der Waals surface area contributed by atoms with E-state index in [2.05, 4.69) is 41.2 Å². The van der Waals surface area contributed by atoms with Gasteiger partial charge in [-0.25, -0.2) is 4.79 Å². The van der Waals surface area contributed by atoms with Crippen LogP contribution in [0.25, 0.3) is 0 Å². The Balaban J connectivity index is 2.93. The van der Waals surface area contributed by atoms with E-state index < -0.39 is 53.8 Å². The van der Waals surface area contributed by atoms with Crippen LogP contribution >= 0.6 is 25.3 Å². The van der Waals surface area contributed by atoms with Crippen LogP contribution in [0.15, 0.2) is 30.3 Å². The molecule has 0 saturated heterocycles. The number of primary amides is 1. The maximum absolute atomic E-state index is 12.8. The molecular weight excluding hydrogens is 470 g/mol. The van der Waals surface area contributed by atoms with Gasteiger partial charge >= 0.3 is 5.97 Å². The van der Waals surface area contributed by atoms with E-state index in [4.69, 9.17) is 11.5 Å². The summed E-state index contributed by atoms with van der Waals surface area (Å²) in [6, 6.07) is 4.03. The summed E-state index contributed by atoms with van der Waals surface area (Å²) in [5, 5.41) is 16.7. The molecule has 1 aromatic carbocycles. The van der Waals surface area contributed by atoms with Gasteiger partial charge in [-0.15, -0.1) is 0 Å². The number of amides is 4. The first-order chi connectivity index (χ1) is 15.6. The molecule has 0 heterocycles. The van der Waals surface area contributed by atoms with Crippen molar-refractivity contribution >= 4 is 54.9 Å². The molecule has 4 unspecified atom stereocenters. The Morgan fingerprint density at radius 1 is 0.848 bits per heavy atom. The Morgan fingerprint density at radius 2 is 1.39 bits per heavy atom. The van der Waals surface area contributed by atoms with Gasteiger partial charge in [-0.3, -0.25) is 19.2 Å². The van der Waals surface area contributed by atoms with Gasteiger partial charge in [0, 0.05) is 24.3 Å². The Bertz CT molecular complexity index is 841. The third-order valence-electron chi connectivity index (χ3n) is 4.56. The molecular formula is C20H29N5O6S2. The van der Waals surface area contributed by atoms with Gasteiger partial charge in [-0.05, 0) is 12.0 Å². The van der Waals surface area contributed by atoms with Crippen LogP contribution in [-0.2, 0) is 30.4 Å². The second-order valence-corrected chi connectivity index (χ2v) is 7.92. The van der Waals surface area contributed by atoms with E-state index in [0.29, 0.717) is 5.56 Å². The summed E-state index contributed by atoms with van der Waals surface area (Å²) in [6.07, 6.45) is -0.402. The van der Waals surface area contributed by atoms with Crippen LogP contribution in [0, 0.1) is 0 Å². The molecule has 4 atom stereocenters. The summed E-state index contributed by atoms with van der Waals surface area (Å²) in [6.45, 7) is 0. The lowest BCUT2D eigenvalue weighted by atomic mass is 10.0. The minimum Gasteiger partial charge on any atom is -0.480 e. The van der Waals surface area contributed by atoms with Gasteiger partial charge < -0.3 is 32.5 Å². The van der Waals surface area contributed by atoms with E-state index >= 15 is 0 Å². The topological polar surface area (TPSA) is 194 Å². The summed E-state index contributed by atoms with van der Waals surface area (Å²) < 4.78 is 0. The van der Waals surface area contributed by atoms with Crippen molar-refractivity contribution < 1.29 is 29.1 Å². The number of rotatable bonds is 14. The largest absolute Gasteiger partial charge is 0.480 e. The quantitative estimate of drug-likeness (QED) is 0.139. The van der Waals surface area contributed by atoms with Crippen LogP contribution in [0.3, 0.4) is 0 Å². The Hall–Kier alpha value is -2.77. The molecule has 11 nitrogen and oxygen atoms in total. The highest BCUT2D eigenvalue weighted by Gasteiger charge is 2.30. The Labute approximate surface area is 202 Å². The van der Waals surface area contributed by atoms with Crippen molar-refractivity contribution in [3.8, 4) is 0 Å². The molecule has 0 radical (unpaired) electrons. The van der Waals surface area contributed by atoms with E-state index in [-0.39, 0.29) is 30.8 Å². The maximum atomic E-state index is 12.8. The van der Waals surface area contributed by atoms with Crippen molar-refractivity contribution in [2.45, 2.75) is 43.4 Å². The van der Waals surface area contributed by atoms with Gasteiger partial charge in [0.25, 0.3) is 0 Å². The lowest BCUT2D eigenvalue weighted by molar-refractivity contribution is -0.142. The molecule has 0 aliphatic rings. The fourth-order valence-corrected chi connectivity index (χ4v) is 3.13. The number of hydrogen-bond donors (Lipinski definition) is 8. The molecule has 0 aliphatic carbocycles. The molecule has 0 aromatic heterocycles. The van der Waals surface area contributed by atoms with Crippen molar-refractivity contribution in [1.29, 1.82) is 0 Å². The second kappa shape index (κ2) is 14.4. The predicted molar refractivity (Wildman–Crippen MR) is 128 cm³/mol. The van der Waals surface area contributed by atoms with E-state index in [9.17, 15) is 29.1 Å². The second-order valence-electron chi connectivity index (χ2n) is 7.19. The van der Waals surface area contributed by atoms with Gasteiger partial charge in [-0.1, -0.05) is 30.3 Å². The first kappa shape index (κ1) is 28.3. The fourth-order valence-electron chi connectivity index (χ4n) is 2.71. The van der Waals surface area contributed by atoms with E-state index in [1.807, 2.05) is 0 Å². The third kappa shape index (κ3) is 10.1. The third-order valence-corrected chi connectivity index (χ3v) is 5.32. The molecule has 8 N–H and O–H groups in total. The lowest BCUT2D eigenvalue weighted by Gasteiger charge is -2.24. The molecule has 0 aliphatic heterocycles. The number of aliphatic carboxylic acids is 1. The van der Waals surface area contributed by atoms with Crippen LogP contribution in [0.5, 0.6) is 0 Å². The summed E-state index contributed by atoms with van der Waals surface area (Å²) in [7, 11) is 0. The number of nitrogens with one attached hydrogen (secondary N) is 3. The molecule has 0 saturated carbocycles. The Kier molecular flexibility index (Phi) is 12.3. The standard InChI is InChI=1S/C20H29N5O6S2/c21-12(9-32)17(27)25-15(10-33)19(29)23-13(6-7-16(22)26)18(28)24-14(20(30)31)8-11-4-2-1-3-5-11/h1-5,12-15,32-33H,6-10,21H2,(H2,22,26)(H,23,29)(H,24,28)(H,25,27)(H,30,31). The van der Waals surface area contributed by atoms with Gasteiger partial charge in [-0.2, -0.15) is 25.3 Å². The lowest BCUT2D eigenvalue weighted by Crippen LogP contribution is -2.58. The summed E-state index contributed by atoms with van der Waals surface area (Å²) in [5.41, 5.74) is 11.4. The highest BCUT2D eigenvalue weighted by Crippen LogP contribution is 2.06. The minimum atomic E-state index is -1.28. The molecule has 13 heteroatoms. The maximum Gasteiger partial charge on any atom is 0.326 e. The average molecular weight is 500 g/mol. The van der Waals surface area contributed by atoms with E-state index in [0.717, 1.165) is 0 Å². The van der Waals surface area contributed by atoms with E-state index in [1.165, 1.54) is 0 Å². The van der Waals surface area contributed by atoms with Crippen molar-refractivity contribution in [3.63, 3.8) is 0 Å². The molecule has 0 fully saturated rings. The first-order valence-electron chi connectivity index (χ1n) is 10.0. The summed E-state index contributed by atoms with van der Waals surface area (Å²) >= 11 is 7.96. The van der Waals surface area contributed by atoms with Crippen molar-refractivity contribution in [2.24, 2.45) is 11.5 Å². The van der Waals surface area contributed by atoms with Crippen molar-refractivity contribution in [2.75, 3.05) is 11.5 Å². The van der Waals surface area contributed by atoms with Crippen LogP contribution < -0.4 is 27.4 Å². The summed E-state index contributed by atoms with van der Waals surface area (Å²) in [5.74, 6) is -4.24. The number of carboxylic acids is 1. The van der Waals surface area contributed by atoms with Crippen LogP contribution in [0.1, 0.15) is 18.4 Å². The molecule has 1 rings (SSSR count). The highest BCUT2D eigenvalue weighted by atomic mass is 32.1. The normalized spacial score (nSPS) is 14.3. The number of carboxylic acid groups (broad SMARTS) is 1. The minimum absolute atomic E-state index is 0.00926. The van der Waals surface area contributed by atoms with Crippen molar-refractivity contribution in [3.05, 3.63) is 35.9 Å². The zero-order valence-corrected chi connectivity index (χ0v) is 19.6.